The van der Waals surface area contributed by atoms with Gasteiger partial charge in [0.1, 0.15) is 11.9 Å². The molecule has 1 aliphatic rings. The summed E-state index contributed by atoms with van der Waals surface area (Å²) in [7, 11) is 0. The average Bonchev–Trinajstić information content (AvgIpc) is 2.88. The first-order chi connectivity index (χ1) is 10.1. The number of rotatable bonds is 3. The van der Waals surface area contributed by atoms with Crippen molar-refractivity contribution in [1.29, 1.82) is 0 Å². The molecule has 5 heteroatoms. The van der Waals surface area contributed by atoms with Crippen molar-refractivity contribution in [3.05, 3.63) is 29.6 Å². The average molecular weight is 291 g/mol. The van der Waals surface area contributed by atoms with Crippen molar-refractivity contribution in [2.24, 2.45) is 5.92 Å². The van der Waals surface area contributed by atoms with Gasteiger partial charge in [0.2, 0.25) is 0 Å². The Kier molecular flexibility index (Phi) is 5.32. The molecule has 112 valence electrons. The third-order valence-corrected chi connectivity index (χ3v) is 3.35. The summed E-state index contributed by atoms with van der Waals surface area (Å²) in [6.07, 6.45) is 0.672. The van der Waals surface area contributed by atoms with Crippen molar-refractivity contribution in [2.45, 2.75) is 25.9 Å². The van der Waals surface area contributed by atoms with E-state index in [1.807, 2.05) is 6.92 Å². The van der Waals surface area contributed by atoms with Crippen LogP contribution in [0.4, 0.5) is 10.1 Å². The third kappa shape index (κ3) is 4.03. The SMILES string of the molecule is CC1CCOC1C(=O)Nc1ccc(F)cc1C#CCCO. The Balaban J connectivity index is 2.15. The molecule has 0 bridgehead atoms. The summed E-state index contributed by atoms with van der Waals surface area (Å²) in [5, 5.41) is 11.5. The fraction of sp³-hybridized carbons (Fsp3) is 0.438. The Bertz CT molecular complexity index is 577. The Hall–Kier alpha value is -1.90. The number of aliphatic hydroxyl groups excluding tert-OH is 1. The number of aliphatic hydroxyl groups is 1. The van der Waals surface area contributed by atoms with Gasteiger partial charge < -0.3 is 15.2 Å². The van der Waals surface area contributed by atoms with Crippen LogP contribution in [0.1, 0.15) is 25.3 Å². The van der Waals surface area contributed by atoms with E-state index < -0.39 is 11.9 Å². The number of nitrogens with one attached hydrogen (secondary N) is 1. The van der Waals surface area contributed by atoms with Crippen LogP contribution in [0.5, 0.6) is 0 Å². The van der Waals surface area contributed by atoms with E-state index in [0.717, 1.165) is 6.42 Å². The fourth-order valence-corrected chi connectivity index (χ4v) is 2.18. The molecule has 1 aromatic carbocycles. The molecule has 1 saturated heterocycles. The second kappa shape index (κ2) is 7.21. The molecule has 2 N–H and O–H groups in total. The van der Waals surface area contributed by atoms with E-state index in [9.17, 15) is 9.18 Å². The Labute approximate surface area is 123 Å². The summed E-state index contributed by atoms with van der Waals surface area (Å²) in [6, 6.07) is 4.01. The van der Waals surface area contributed by atoms with Gasteiger partial charge in [0.25, 0.3) is 5.91 Å². The number of hydrogen-bond acceptors (Lipinski definition) is 3. The van der Waals surface area contributed by atoms with Crippen LogP contribution in [-0.4, -0.2) is 30.3 Å². The van der Waals surface area contributed by atoms with Crippen molar-refractivity contribution in [3.8, 4) is 11.8 Å². The number of benzene rings is 1. The predicted octanol–water partition coefficient (Wildman–Crippen LogP) is 1.92. The molecule has 4 nitrogen and oxygen atoms in total. The molecule has 21 heavy (non-hydrogen) atoms. The number of anilines is 1. The van der Waals surface area contributed by atoms with Gasteiger partial charge in [-0.25, -0.2) is 4.39 Å². The summed E-state index contributed by atoms with van der Waals surface area (Å²) in [4.78, 5) is 12.2. The monoisotopic (exact) mass is 291 g/mol. The van der Waals surface area contributed by atoms with E-state index in [0.29, 0.717) is 24.3 Å². The number of hydrogen-bond donors (Lipinski definition) is 2. The lowest BCUT2D eigenvalue weighted by molar-refractivity contribution is -0.126. The Morgan fingerprint density at radius 3 is 3.05 bits per heavy atom. The summed E-state index contributed by atoms with van der Waals surface area (Å²) in [5.74, 6) is 4.98. The molecule has 1 aliphatic heterocycles. The van der Waals surface area contributed by atoms with Gasteiger partial charge in [-0.05, 0) is 30.5 Å². The third-order valence-electron chi connectivity index (χ3n) is 3.35. The molecule has 2 atom stereocenters. The van der Waals surface area contributed by atoms with Gasteiger partial charge in [0.05, 0.1) is 17.9 Å². The molecule has 0 aromatic heterocycles. The Morgan fingerprint density at radius 2 is 2.38 bits per heavy atom. The van der Waals surface area contributed by atoms with Crippen LogP contribution in [-0.2, 0) is 9.53 Å². The largest absolute Gasteiger partial charge is 0.395 e. The quantitative estimate of drug-likeness (QED) is 0.837. The fourth-order valence-electron chi connectivity index (χ4n) is 2.18. The van der Waals surface area contributed by atoms with Crippen molar-refractivity contribution in [1.82, 2.24) is 0 Å². The van der Waals surface area contributed by atoms with Crippen molar-refractivity contribution in [2.75, 3.05) is 18.5 Å². The highest BCUT2D eigenvalue weighted by Crippen LogP contribution is 2.23. The van der Waals surface area contributed by atoms with Crippen molar-refractivity contribution in [3.63, 3.8) is 0 Å². The minimum absolute atomic E-state index is 0.0581. The lowest BCUT2D eigenvalue weighted by Crippen LogP contribution is -2.31. The van der Waals surface area contributed by atoms with E-state index in [2.05, 4.69) is 17.2 Å². The van der Waals surface area contributed by atoms with E-state index in [-0.39, 0.29) is 18.4 Å². The molecule has 1 aromatic rings. The second-order valence-electron chi connectivity index (χ2n) is 5.01. The first-order valence-electron chi connectivity index (χ1n) is 6.93. The molecular formula is C16H18FNO3. The molecule has 1 amide bonds. The van der Waals surface area contributed by atoms with Crippen molar-refractivity contribution >= 4 is 11.6 Å². The lowest BCUT2D eigenvalue weighted by Gasteiger charge is -2.15. The maximum absolute atomic E-state index is 13.3. The zero-order chi connectivity index (χ0) is 15.2. The number of carbonyl (C=O) groups excluding carboxylic acids is 1. The predicted molar refractivity (Wildman–Crippen MR) is 77.1 cm³/mol. The molecule has 1 fully saturated rings. The highest BCUT2D eigenvalue weighted by molar-refractivity contribution is 5.95. The van der Waals surface area contributed by atoms with Gasteiger partial charge in [0.15, 0.2) is 0 Å². The summed E-state index contributed by atoms with van der Waals surface area (Å²) >= 11 is 0. The summed E-state index contributed by atoms with van der Waals surface area (Å²) in [6.45, 7) is 2.48. The van der Waals surface area contributed by atoms with Gasteiger partial charge in [-0.2, -0.15) is 0 Å². The zero-order valence-electron chi connectivity index (χ0n) is 11.9. The van der Waals surface area contributed by atoms with Crippen LogP contribution in [0.2, 0.25) is 0 Å². The zero-order valence-corrected chi connectivity index (χ0v) is 11.9. The van der Waals surface area contributed by atoms with Crippen LogP contribution < -0.4 is 5.32 Å². The normalized spacial score (nSPS) is 20.7. The van der Waals surface area contributed by atoms with Crippen LogP contribution >= 0.6 is 0 Å². The minimum Gasteiger partial charge on any atom is -0.395 e. The van der Waals surface area contributed by atoms with Gasteiger partial charge in [-0.3, -0.25) is 4.79 Å². The second-order valence-corrected chi connectivity index (χ2v) is 5.01. The van der Waals surface area contributed by atoms with Gasteiger partial charge in [-0.15, -0.1) is 0 Å². The maximum atomic E-state index is 13.3. The summed E-state index contributed by atoms with van der Waals surface area (Å²) in [5.41, 5.74) is 0.844. The molecule has 0 saturated carbocycles. The molecule has 0 aliphatic carbocycles. The number of ether oxygens (including phenoxy) is 1. The van der Waals surface area contributed by atoms with Crippen LogP contribution in [0.25, 0.3) is 0 Å². The molecule has 1 heterocycles. The lowest BCUT2D eigenvalue weighted by atomic mass is 10.0. The van der Waals surface area contributed by atoms with Gasteiger partial charge >= 0.3 is 0 Å². The first-order valence-corrected chi connectivity index (χ1v) is 6.93. The number of halogens is 1. The summed E-state index contributed by atoms with van der Waals surface area (Å²) < 4.78 is 18.7. The first kappa shape index (κ1) is 15.5. The molecule has 2 unspecified atom stereocenters. The van der Waals surface area contributed by atoms with Gasteiger partial charge in [-0.1, -0.05) is 18.8 Å². The van der Waals surface area contributed by atoms with E-state index in [1.165, 1.54) is 18.2 Å². The van der Waals surface area contributed by atoms with E-state index in [1.54, 1.807) is 0 Å². The van der Waals surface area contributed by atoms with E-state index >= 15 is 0 Å². The number of amides is 1. The molecule has 0 spiro atoms. The molecule has 2 rings (SSSR count). The standard InChI is InChI=1S/C16H18FNO3/c1-11-7-9-21-15(11)16(20)18-14-6-5-13(17)10-12(14)4-2-3-8-19/h5-6,10-11,15,19H,3,7-9H2,1H3,(H,18,20). The number of carbonyl (C=O) groups is 1. The topological polar surface area (TPSA) is 58.6 Å². The molecular weight excluding hydrogens is 273 g/mol. The van der Waals surface area contributed by atoms with E-state index in [4.69, 9.17) is 9.84 Å². The van der Waals surface area contributed by atoms with Gasteiger partial charge in [0, 0.05) is 13.0 Å². The maximum Gasteiger partial charge on any atom is 0.253 e. The minimum atomic E-state index is -0.478. The van der Waals surface area contributed by atoms with Crippen LogP contribution in [0, 0.1) is 23.6 Å². The molecule has 0 radical (unpaired) electrons. The smallest absolute Gasteiger partial charge is 0.253 e. The van der Waals surface area contributed by atoms with Crippen molar-refractivity contribution < 1.29 is 19.0 Å². The van der Waals surface area contributed by atoms with Crippen LogP contribution in [0.3, 0.4) is 0 Å². The van der Waals surface area contributed by atoms with Crippen LogP contribution in [0.15, 0.2) is 18.2 Å². The Morgan fingerprint density at radius 1 is 1.57 bits per heavy atom. The highest BCUT2D eigenvalue weighted by atomic mass is 19.1. The highest BCUT2D eigenvalue weighted by Gasteiger charge is 2.31.